The van der Waals surface area contributed by atoms with Crippen LogP contribution in [0.3, 0.4) is 0 Å². The molecule has 2 rings (SSSR count). The van der Waals surface area contributed by atoms with Crippen molar-refractivity contribution in [1.82, 2.24) is 4.98 Å². The lowest BCUT2D eigenvalue weighted by molar-refractivity contribution is -0.136. The van der Waals surface area contributed by atoms with E-state index in [0.29, 0.717) is 18.1 Å². The molecule has 0 saturated carbocycles. The van der Waals surface area contributed by atoms with Gasteiger partial charge in [0.1, 0.15) is 12.2 Å². The average molecular weight is 225 g/mol. The molecule has 1 atom stereocenters. The number of oxazole rings is 1. The molecule has 1 aromatic rings. The summed E-state index contributed by atoms with van der Waals surface area (Å²) in [7, 11) is 0. The molecule has 1 saturated heterocycles. The Morgan fingerprint density at radius 2 is 2.44 bits per heavy atom. The lowest BCUT2D eigenvalue weighted by atomic mass is 10.1. The van der Waals surface area contributed by atoms with Crippen LogP contribution in [-0.4, -0.2) is 28.8 Å². The highest BCUT2D eigenvalue weighted by Gasteiger charge is 2.17. The van der Waals surface area contributed by atoms with Crippen LogP contribution in [0.25, 0.3) is 0 Å². The first-order chi connectivity index (χ1) is 7.74. The highest BCUT2D eigenvalue weighted by molar-refractivity contribution is 5.69. The van der Waals surface area contributed by atoms with Crippen molar-refractivity contribution < 1.29 is 19.1 Å². The van der Waals surface area contributed by atoms with Gasteiger partial charge in [-0.2, -0.15) is 0 Å². The van der Waals surface area contributed by atoms with Crippen LogP contribution in [0.5, 0.6) is 0 Å². The van der Waals surface area contributed by atoms with Crippen LogP contribution in [0.15, 0.2) is 10.6 Å². The maximum Gasteiger partial charge on any atom is 0.311 e. The summed E-state index contributed by atoms with van der Waals surface area (Å²) in [5.41, 5.74) is 0. The highest BCUT2D eigenvalue weighted by atomic mass is 16.5. The molecule has 1 N–H and O–H groups in total. The van der Waals surface area contributed by atoms with E-state index in [4.69, 9.17) is 14.3 Å². The van der Waals surface area contributed by atoms with E-state index in [-0.39, 0.29) is 12.5 Å². The summed E-state index contributed by atoms with van der Waals surface area (Å²) in [4.78, 5) is 14.5. The fraction of sp³-hybridized carbons (Fsp3) is 0.636. The van der Waals surface area contributed by atoms with Crippen LogP contribution in [-0.2, 0) is 22.4 Å². The molecule has 1 aliphatic rings. The lowest BCUT2D eigenvalue weighted by Crippen LogP contribution is -2.21. The molecule has 1 aliphatic heterocycles. The van der Waals surface area contributed by atoms with Crippen LogP contribution >= 0.6 is 0 Å². The normalized spacial score (nSPS) is 20.9. The van der Waals surface area contributed by atoms with Crippen LogP contribution in [0.2, 0.25) is 0 Å². The Hall–Kier alpha value is -1.36. The monoisotopic (exact) mass is 225 g/mol. The van der Waals surface area contributed by atoms with Gasteiger partial charge in [-0.15, -0.1) is 0 Å². The van der Waals surface area contributed by atoms with E-state index >= 15 is 0 Å². The molecule has 1 unspecified atom stereocenters. The number of rotatable bonds is 4. The molecule has 16 heavy (non-hydrogen) atoms. The number of nitrogens with zero attached hydrogens (tertiary/aromatic N) is 1. The van der Waals surface area contributed by atoms with E-state index in [1.807, 2.05) is 0 Å². The number of ether oxygens (including phenoxy) is 1. The van der Waals surface area contributed by atoms with E-state index in [2.05, 4.69) is 4.98 Å². The molecule has 0 aromatic carbocycles. The van der Waals surface area contributed by atoms with Crippen molar-refractivity contribution in [2.24, 2.45) is 0 Å². The van der Waals surface area contributed by atoms with Gasteiger partial charge in [-0.3, -0.25) is 4.79 Å². The second-order valence-corrected chi connectivity index (χ2v) is 3.98. The Kier molecular flexibility index (Phi) is 3.56. The smallest absolute Gasteiger partial charge is 0.311 e. The van der Waals surface area contributed by atoms with E-state index in [1.54, 1.807) is 0 Å². The van der Waals surface area contributed by atoms with Gasteiger partial charge >= 0.3 is 5.97 Å². The van der Waals surface area contributed by atoms with Crippen molar-refractivity contribution in [1.29, 1.82) is 0 Å². The third kappa shape index (κ3) is 3.06. The second-order valence-electron chi connectivity index (χ2n) is 3.98. The summed E-state index contributed by atoms with van der Waals surface area (Å²) in [5.74, 6) is 0.0677. The predicted octanol–water partition coefficient (Wildman–Crippen LogP) is 1.41. The summed E-state index contributed by atoms with van der Waals surface area (Å²) >= 11 is 0. The summed E-state index contributed by atoms with van der Waals surface area (Å²) in [5, 5.41) is 8.59. The summed E-state index contributed by atoms with van der Waals surface area (Å²) in [6, 6.07) is 0. The highest BCUT2D eigenvalue weighted by Crippen LogP contribution is 2.17. The Labute approximate surface area is 93.4 Å². The Morgan fingerprint density at radius 1 is 1.56 bits per heavy atom. The molecule has 0 bridgehead atoms. The van der Waals surface area contributed by atoms with Crippen molar-refractivity contribution in [3.63, 3.8) is 0 Å². The average Bonchev–Trinajstić information content (AvgIpc) is 2.66. The third-order valence-corrected chi connectivity index (χ3v) is 2.60. The van der Waals surface area contributed by atoms with Crippen LogP contribution in [0, 0.1) is 0 Å². The number of hydrogen-bond acceptors (Lipinski definition) is 4. The third-order valence-electron chi connectivity index (χ3n) is 2.60. The molecular weight excluding hydrogens is 210 g/mol. The largest absolute Gasteiger partial charge is 0.481 e. The van der Waals surface area contributed by atoms with Crippen LogP contribution < -0.4 is 0 Å². The SMILES string of the molecule is O=C(O)Cc1cnc(CC2CCCCO2)o1. The molecule has 0 amide bonds. The van der Waals surface area contributed by atoms with E-state index in [9.17, 15) is 4.79 Å². The number of carbonyl (C=O) groups is 1. The minimum Gasteiger partial charge on any atom is -0.481 e. The number of aliphatic carboxylic acids is 1. The molecule has 0 aliphatic carbocycles. The number of hydrogen-bond donors (Lipinski definition) is 1. The van der Waals surface area contributed by atoms with Gasteiger partial charge in [0, 0.05) is 6.61 Å². The van der Waals surface area contributed by atoms with Gasteiger partial charge in [0.15, 0.2) is 5.89 Å². The Bertz CT molecular complexity index is 355. The molecular formula is C11H15NO4. The zero-order valence-corrected chi connectivity index (χ0v) is 9.02. The lowest BCUT2D eigenvalue weighted by Gasteiger charge is -2.20. The molecule has 1 fully saturated rings. The van der Waals surface area contributed by atoms with Crippen molar-refractivity contribution in [3.05, 3.63) is 17.8 Å². The fourth-order valence-corrected chi connectivity index (χ4v) is 1.84. The maximum atomic E-state index is 10.5. The topological polar surface area (TPSA) is 72.6 Å². The Balaban J connectivity index is 1.88. The Morgan fingerprint density at radius 3 is 3.12 bits per heavy atom. The van der Waals surface area contributed by atoms with Crippen molar-refractivity contribution in [2.45, 2.75) is 38.2 Å². The van der Waals surface area contributed by atoms with E-state index in [0.717, 1.165) is 19.4 Å². The van der Waals surface area contributed by atoms with Crippen molar-refractivity contribution >= 4 is 5.97 Å². The number of carboxylic acids is 1. The minimum absolute atomic E-state index is 0.113. The minimum atomic E-state index is -0.906. The second kappa shape index (κ2) is 5.12. The number of carboxylic acid groups (broad SMARTS) is 1. The van der Waals surface area contributed by atoms with Crippen LogP contribution in [0.4, 0.5) is 0 Å². The first-order valence-corrected chi connectivity index (χ1v) is 5.51. The zero-order chi connectivity index (χ0) is 11.4. The van der Waals surface area contributed by atoms with Gasteiger partial charge in [0.25, 0.3) is 0 Å². The fourth-order valence-electron chi connectivity index (χ4n) is 1.84. The van der Waals surface area contributed by atoms with Gasteiger partial charge in [-0.05, 0) is 19.3 Å². The molecule has 5 nitrogen and oxygen atoms in total. The van der Waals surface area contributed by atoms with Gasteiger partial charge < -0.3 is 14.3 Å². The standard InChI is InChI=1S/C11H15NO4/c13-11(14)6-9-7-12-10(16-9)5-8-3-1-2-4-15-8/h7-8H,1-6H2,(H,13,14). The summed E-state index contributed by atoms with van der Waals surface area (Å²) in [6.45, 7) is 0.799. The maximum absolute atomic E-state index is 10.5. The first kappa shape index (κ1) is 11.1. The molecule has 0 radical (unpaired) electrons. The van der Waals surface area contributed by atoms with Gasteiger partial charge in [-0.1, -0.05) is 0 Å². The van der Waals surface area contributed by atoms with Gasteiger partial charge in [-0.25, -0.2) is 4.98 Å². The van der Waals surface area contributed by atoms with Crippen LogP contribution in [0.1, 0.15) is 30.9 Å². The predicted molar refractivity (Wildman–Crippen MR) is 55.1 cm³/mol. The molecule has 2 heterocycles. The van der Waals surface area contributed by atoms with E-state index in [1.165, 1.54) is 12.6 Å². The zero-order valence-electron chi connectivity index (χ0n) is 9.02. The summed E-state index contributed by atoms with van der Waals surface area (Å²) in [6.07, 6.45) is 5.49. The molecule has 88 valence electrons. The van der Waals surface area contributed by atoms with E-state index < -0.39 is 5.97 Å². The molecule has 5 heteroatoms. The first-order valence-electron chi connectivity index (χ1n) is 5.51. The molecule has 0 spiro atoms. The van der Waals surface area contributed by atoms with Gasteiger partial charge in [0.05, 0.1) is 18.7 Å². The summed E-state index contributed by atoms with van der Waals surface area (Å²) < 4.78 is 10.9. The van der Waals surface area contributed by atoms with Crippen molar-refractivity contribution in [2.75, 3.05) is 6.61 Å². The van der Waals surface area contributed by atoms with Crippen molar-refractivity contribution in [3.8, 4) is 0 Å². The van der Waals surface area contributed by atoms with Gasteiger partial charge in [0.2, 0.25) is 0 Å². The quantitative estimate of drug-likeness (QED) is 0.838. The molecule has 1 aromatic heterocycles. The number of aromatic nitrogens is 1.